The molecule has 1 N–H and O–H groups in total. The maximum Gasteiger partial charge on any atom is 0.266 e. The first-order valence-corrected chi connectivity index (χ1v) is 13.3. The number of pyridine rings is 1. The lowest BCUT2D eigenvalue weighted by atomic mass is 9.93. The highest BCUT2D eigenvalue weighted by atomic mass is 79.9. The molecule has 1 aromatic heterocycles. The number of nitrogens with one attached hydrogen (secondary N) is 1. The molecule has 0 saturated heterocycles. The second kappa shape index (κ2) is 13.7. The third-order valence-corrected chi connectivity index (χ3v) is 7.24. The second-order valence-corrected chi connectivity index (χ2v) is 10.4. The van der Waals surface area contributed by atoms with E-state index < -0.39 is 11.6 Å². The van der Waals surface area contributed by atoms with E-state index in [1.165, 1.54) is 0 Å². The highest BCUT2D eigenvalue weighted by Gasteiger charge is 2.30. The van der Waals surface area contributed by atoms with E-state index in [0.717, 1.165) is 33.0 Å². The summed E-state index contributed by atoms with van der Waals surface area (Å²) >= 11 is 9.39. The van der Waals surface area contributed by atoms with Crippen molar-refractivity contribution in [2.75, 3.05) is 21.3 Å². The van der Waals surface area contributed by atoms with Gasteiger partial charge in [0.05, 0.1) is 32.6 Å². The fourth-order valence-corrected chi connectivity index (χ4v) is 4.78. The first-order valence-electron chi connectivity index (χ1n) is 12.1. The van der Waals surface area contributed by atoms with Crippen LogP contribution in [0.5, 0.6) is 17.2 Å². The number of aryl methyl sites for hydroxylation is 1. The van der Waals surface area contributed by atoms with Crippen LogP contribution in [0.1, 0.15) is 35.7 Å². The van der Waals surface area contributed by atoms with Gasteiger partial charge in [0, 0.05) is 35.4 Å². The van der Waals surface area contributed by atoms with Gasteiger partial charge in [-0.1, -0.05) is 22.0 Å². The van der Waals surface area contributed by atoms with Crippen LogP contribution in [0.4, 0.5) is 8.78 Å². The SMILES string of the molecule is COc1ccc(CN(Cc2ccc(OC)cc2OC)C(=S)N[C@@](C)(CC=C(F)F)c2cc(Br)ccn2)c(C)c1. The maximum atomic E-state index is 13.2. The summed E-state index contributed by atoms with van der Waals surface area (Å²) < 4.78 is 43.5. The Kier molecular flexibility index (Phi) is 10.7. The number of hydrogen-bond donors (Lipinski definition) is 1. The Balaban J connectivity index is 2.01. The van der Waals surface area contributed by atoms with Crippen LogP contribution >= 0.6 is 28.1 Å². The van der Waals surface area contributed by atoms with Crippen LogP contribution < -0.4 is 19.5 Å². The average Bonchev–Trinajstić information content (AvgIpc) is 2.92. The van der Waals surface area contributed by atoms with Crippen molar-refractivity contribution < 1.29 is 23.0 Å². The molecule has 0 spiro atoms. The number of halogens is 3. The molecule has 0 fully saturated rings. The Labute approximate surface area is 242 Å². The Bertz CT molecular complexity index is 1340. The third-order valence-electron chi connectivity index (χ3n) is 6.39. The molecular weight excluding hydrogens is 588 g/mol. The lowest BCUT2D eigenvalue weighted by Crippen LogP contribution is -2.49. The highest BCUT2D eigenvalue weighted by Crippen LogP contribution is 2.30. The van der Waals surface area contributed by atoms with Crippen LogP contribution in [0.3, 0.4) is 0 Å². The van der Waals surface area contributed by atoms with Crippen LogP contribution in [0.2, 0.25) is 0 Å². The van der Waals surface area contributed by atoms with Gasteiger partial charge in [-0.05, 0) is 86.1 Å². The number of aromatic nitrogens is 1. The van der Waals surface area contributed by atoms with E-state index in [9.17, 15) is 8.78 Å². The predicted octanol–water partition coefficient (Wildman–Crippen LogP) is 7.14. The summed E-state index contributed by atoms with van der Waals surface area (Å²) in [4.78, 5) is 6.43. The van der Waals surface area contributed by atoms with Crippen molar-refractivity contribution in [2.45, 2.75) is 38.9 Å². The van der Waals surface area contributed by atoms with Gasteiger partial charge in [0.15, 0.2) is 5.11 Å². The molecule has 0 aliphatic rings. The number of nitrogens with zero attached hydrogens (tertiary/aromatic N) is 2. The van der Waals surface area contributed by atoms with Gasteiger partial charge in [-0.25, -0.2) is 0 Å². The zero-order valence-corrected chi connectivity index (χ0v) is 25.0. The van der Waals surface area contributed by atoms with Crippen molar-refractivity contribution in [2.24, 2.45) is 0 Å². The summed E-state index contributed by atoms with van der Waals surface area (Å²) in [6.45, 7) is 4.65. The van der Waals surface area contributed by atoms with E-state index >= 15 is 0 Å². The Morgan fingerprint density at radius 3 is 2.23 bits per heavy atom. The minimum atomic E-state index is -1.77. The molecule has 0 amide bonds. The first-order chi connectivity index (χ1) is 18.6. The standard InChI is InChI=1S/C29H32BrF2N3O3S/c1-19-14-23(36-3)8-6-20(19)17-35(18-21-7-9-24(37-4)16-25(21)38-5)28(39)34-29(2,12-10-27(31)32)26-15-22(30)11-13-33-26/h6-11,13-16H,12,17-18H2,1-5H3,(H,34,39)/t29-/m0/s1. The van der Waals surface area contributed by atoms with Crippen LogP contribution in [-0.4, -0.2) is 36.3 Å². The summed E-state index contributed by atoms with van der Waals surface area (Å²) in [5.41, 5.74) is 2.50. The number of hydrogen-bond acceptors (Lipinski definition) is 5. The van der Waals surface area contributed by atoms with E-state index in [4.69, 9.17) is 26.4 Å². The van der Waals surface area contributed by atoms with Gasteiger partial charge in [0.2, 0.25) is 0 Å². The molecule has 39 heavy (non-hydrogen) atoms. The van der Waals surface area contributed by atoms with E-state index in [1.54, 1.807) is 46.6 Å². The van der Waals surface area contributed by atoms with E-state index in [1.807, 2.05) is 48.2 Å². The first kappa shape index (κ1) is 30.3. The van der Waals surface area contributed by atoms with Gasteiger partial charge < -0.3 is 24.4 Å². The molecule has 0 bridgehead atoms. The maximum absolute atomic E-state index is 13.2. The topological polar surface area (TPSA) is 55.9 Å². The Morgan fingerprint density at radius 1 is 1.00 bits per heavy atom. The molecule has 1 heterocycles. The largest absolute Gasteiger partial charge is 0.497 e. The van der Waals surface area contributed by atoms with Crippen molar-refractivity contribution in [1.29, 1.82) is 0 Å². The van der Waals surface area contributed by atoms with Gasteiger partial charge in [-0.2, -0.15) is 8.78 Å². The average molecular weight is 621 g/mol. The van der Waals surface area contributed by atoms with Crippen LogP contribution in [0.15, 0.2) is 71.4 Å². The van der Waals surface area contributed by atoms with Gasteiger partial charge >= 0.3 is 0 Å². The number of ether oxygens (including phenoxy) is 3. The number of rotatable bonds is 11. The van der Waals surface area contributed by atoms with Crippen molar-refractivity contribution in [3.63, 3.8) is 0 Å². The van der Waals surface area contributed by atoms with Gasteiger partial charge in [-0.3, -0.25) is 4.98 Å². The van der Waals surface area contributed by atoms with Crippen molar-refractivity contribution in [3.05, 3.63) is 93.7 Å². The fraction of sp³-hybridized carbons (Fsp3) is 0.310. The monoisotopic (exact) mass is 619 g/mol. The minimum absolute atomic E-state index is 0.0276. The van der Waals surface area contributed by atoms with Crippen LogP contribution in [-0.2, 0) is 18.6 Å². The van der Waals surface area contributed by atoms with E-state index in [0.29, 0.717) is 35.4 Å². The minimum Gasteiger partial charge on any atom is -0.497 e. The highest BCUT2D eigenvalue weighted by molar-refractivity contribution is 9.10. The molecule has 6 nitrogen and oxygen atoms in total. The lowest BCUT2D eigenvalue weighted by Gasteiger charge is -2.35. The summed E-state index contributed by atoms with van der Waals surface area (Å²) in [5, 5.41) is 3.72. The molecule has 0 aliphatic carbocycles. The molecule has 3 rings (SSSR count). The molecule has 1 atom stereocenters. The normalized spacial score (nSPS) is 12.2. The summed E-state index contributed by atoms with van der Waals surface area (Å²) in [7, 11) is 4.82. The molecule has 0 aliphatic heterocycles. The predicted molar refractivity (Wildman–Crippen MR) is 156 cm³/mol. The van der Waals surface area contributed by atoms with Gasteiger partial charge in [-0.15, -0.1) is 0 Å². The quantitative estimate of drug-likeness (QED) is 0.229. The molecule has 3 aromatic rings. The van der Waals surface area contributed by atoms with Crippen molar-refractivity contribution >= 4 is 33.3 Å². The summed E-state index contributed by atoms with van der Waals surface area (Å²) in [6, 6.07) is 15.0. The van der Waals surface area contributed by atoms with E-state index in [2.05, 4.69) is 26.2 Å². The number of benzene rings is 2. The fourth-order valence-electron chi connectivity index (χ4n) is 4.09. The lowest BCUT2D eigenvalue weighted by molar-refractivity contribution is 0.338. The van der Waals surface area contributed by atoms with Crippen LogP contribution in [0.25, 0.3) is 0 Å². The van der Waals surface area contributed by atoms with Gasteiger partial charge in [0.25, 0.3) is 6.08 Å². The molecular formula is C29H32BrF2N3O3S. The van der Waals surface area contributed by atoms with E-state index in [-0.39, 0.29) is 6.42 Å². The molecule has 10 heteroatoms. The molecule has 2 aromatic carbocycles. The number of methoxy groups -OCH3 is 3. The third kappa shape index (κ3) is 8.12. The summed E-state index contributed by atoms with van der Waals surface area (Å²) in [5.74, 6) is 2.07. The number of thiocarbonyl (C=S) groups is 1. The zero-order chi connectivity index (χ0) is 28.6. The molecule has 0 saturated carbocycles. The van der Waals surface area contributed by atoms with Gasteiger partial charge in [0.1, 0.15) is 17.2 Å². The zero-order valence-electron chi connectivity index (χ0n) is 22.6. The van der Waals surface area contributed by atoms with Crippen LogP contribution in [0, 0.1) is 6.92 Å². The molecule has 0 unspecified atom stereocenters. The van der Waals surface area contributed by atoms with Crippen molar-refractivity contribution in [3.8, 4) is 17.2 Å². The summed E-state index contributed by atoms with van der Waals surface area (Å²) in [6.07, 6.45) is 0.708. The molecule has 208 valence electrons. The Morgan fingerprint density at radius 2 is 1.64 bits per heavy atom. The molecule has 0 radical (unpaired) electrons. The second-order valence-electron chi connectivity index (χ2n) is 9.15. The smallest absolute Gasteiger partial charge is 0.266 e. The Hall–Kier alpha value is -3.24. The van der Waals surface area contributed by atoms with Crippen molar-refractivity contribution in [1.82, 2.24) is 15.2 Å².